The summed E-state index contributed by atoms with van der Waals surface area (Å²) in [6.45, 7) is 1.56. The Labute approximate surface area is 133 Å². The molecule has 0 spiro atoms. The van der Waals surface area contributed by atoms with Gasteiger partial charge in [-0.2, -0.15) is 0 Å². The highest BCUT2D eigenvalue weighted by molar-refractivity contribution is 5.71. The van der Waals surface area contributed by atoms with Gasteiger partial charge in [0.2, 0.25) is 0 Å². The second-order valence-corrected chi connectivity index (χ2v) is 5.05. The Morgan fingerprint density at radius 3 is 2.43 bits per heavy atom. The Morgan fingerprint density at radius 1 is 1.26 bits per heavy atom. The van der Waals surface area contributed by atoms with Crippen LogP contribution in [-0.2, 0) is 9.53 Å². The molecule has 6 nitrogen and oxygen atoms in total. The number of hydrogen-bond donors (Lipinski definition) is 1. The predicted molar refractivity (Wildman–Crippen MR) is 82.8 cm³/mol. The molecule has 1 heterocycles. The molecular weight excluding hydrogens is 300 g/mol. The van der Waals surface area contributed by atoms with E-state index in [1.54, 1.807) is 38.3 Å². The van der Waals surface area contributed by atoms with Crippen LogP contribution in [0.3, 0.4) is 0 Å². The SMILES string of the molecule is COC(=O)CC(c1ccc(OC)cc1)c1c(O)cc(C)oc1=O. The van der Waals surface area contributed by atoms with Gasteiger partial charge in [0.05, 0.1) is 26.2 Å². The van der Waals surface area contributed by atoms with Gasteiger partial charge in [-0.25, -0.2) is 4.79 Å². The molecule has 6 heteroatoms. The van der Waals surface area contributed by atoms with E-state index in [0.717, 1.165) is 0 Å². The van der Waals surface area contributed by atoms with Gasteiger partial charge in [-0.15, -0.1) is 0 Å². The minimum Gasteiger partial charge on any atom is -0.507 e. The largest absolute Gasteiger partial charge is 0.507 e. The molecule has 0 bridgehead atoms. The Hall–Kier alpha value is -2.76. The number of rotatable bonds is 5. The molecule has 1 unspecified atom stereocenters. The second-order valence-electron chi connectivity index (χ2n) is 5.05. The van der Waals surface area contributed by atoms with Crippen LogP contribution in [0.25, 0.3) is 0 Å². The van der Waals surface area contributed by atoms with E-state index < -0.39 is 17.5 Å². The zero-order chi connectivity index (χ0) is 17.0. The fraction of sp³-hybridized carbons (Fsp3) is 0.294. The summed E-state index contributed by atoms with van der Waals surface area (Å²) < 4.78 is 14.9. The number of carbonyl (C=O) groups is 1. The van der Waals surface area contributed by atoms with Crippen molar-refractivity contribution in [3.63, 3.8) is 0 Å². The third kappa shape index (κ3) is 3.71. The molecule has 0 amide bonds. The molecule has 23 heavy (non-hydrogen) atoms. The van der Waals surface area contributed by atoms with Crippen LogP contribution < -0.4 is 10.4 Å². The van der Waals surface area contributed by atoms with Crippen LogP contribution in [0.15, 0.2) is 39.5 Å². The minimum absolute atomic E-state index is 0.0335. The van der Waals surface area contributed by atoms with Crippen LogP contribution in [0.2, 0.25) is 0 Å². The van der Waals surface area contributed by atoms with Crippen molar-refractivity contribution in [2.24, 2.45) is 0 Å². The first-order chi connectivity index (χ1) is 11.0. The molecule has 0 saturated heterocycles. The van der Waals surface area contributed by atoms with E-state index in [2.05, 4.69) is 0 Å². The highest BCUT2D eigenvalue weighted by atomic mass is 16.5. The zero-order valence-electron chi connectivity index (χ0n) is 13.2. The Kier molecular flexibility index (Phi) is 5.05. The van der Waals surface area contributed by atoms with Crippen molar-refractivity contribution >= 4 is 5.97 Å². The molecule has 1 atom stereocenters. The van der Waals surface area contributed by atoms with E-state index in [1.807, 2.05) is 0 Å². The number of carbonyl (C=O) groups excluding carboxylic acids is 1. The van der Waals surface area contributed by atoms with Gasteiger partial charge in [0.25, 0.3) is 0 Å². The predicted octanol–water partition coefficient (Wildman–Crippen LogP) is 2.36. The van der Waals surface area contributed by atoms with E-state index in [4.69, 9.17) is 13.9 Å². The number of benzene rings is 1. The van der Waals surface area contributed by atoms with Crippen molar-refractivity contribution in [1.82, 2.24) is 0 Å². The summed E-state index contributed by atoms with van der Waals surface area (Å²) in [5, 5.41) is 10.2. The fourth-order valence-corrected chi connectivity index (χ4v) is 2.40. The van der Waals surface area contributed by atoms with E-state index in [-0.39, 0.29) is 17.7 Å². The summed E-state index contributed by atoms with van der Waals surface area (Å²) >= 11 is 0. The van der Waals surface area contributed by atoms with Gasteiger partial charge in [-0.3, -0.25) is 4.79 Å². The topological polar surface area (TPSA) is 86.0 Å². The first-order valence-corrected chi connectivity index (χ1v) is 7.00. The minimum atomic E-state index is -0.676. The molecule has 0 aliphatic rings. The maximum absolute atomic E-state index is 12.2. The van der Waals surface area contributed by atoms with Crippen molar-refractivity contribution in [3.8, 4) is 11.5 Å². The van der Waals surface area contributed by atoms with Gasteiger partial charge in [-0.1, -0.05) is 12.1 Å². The van der Waals surface area contributed by atoms with Crippen LogP contribution in [-0.4, -0.2) is 25.3 Å². The van der Waals surface area contributed by atoms with Crippen LogP contribution in [0.1, 0.15) is 29.2 Å². The number of esters is 1. The van der Waals surface area contributed by atoms with E-state index in [1.165, 1.54) is 13.2 Å². The summed E-state index contributed by atoms with van der Waals surface area (Å²) in [5.74, 6) is -0.438. The lowest BCUT2D eigenvalue weighted by molar-refractivity contribution is -0.140. The molecule has 2 aromatic rings. The highest BCUT2D eigenvalue weighted by Gasteiger charge is 2.26. The first-order valence-electron chi connectivity index (χ1n) is 7.00. The lowest BCUT2D eigenvalue weighted by atomic mass is 9.89. The molecule has 0 fully saturated rings. The summed E-state index contributed by atoms with van der Waals surface area (Å²) in [5.41, 5.74) is 0.0287. The maximum atomic E-state index is 12.2. The molecule has 2 rings (SSSR count). The molecule has 0 aliphatic heterocycles. The molecule has 0 aliphatic carbocycles. The van der Waals surface area contributed by atoms with Gasteiger partial charge in [-0.05, 0) is 24.6 Å². The van der Waals surface area contributed by atoms with Gasteiger partial charge < -0.3 is 19.0 Å². The van der Waals surface area contributed by atoms with Gasteiger partial charge in [0, 0.05) is 12.0 Å². The van der Waals surface area contributed by atoms with Crippen molar-refractivity contribution < 1.29 is 23.8 Å². The average molecular weight is 318 g/mol. The van der Waals surface area contributed by atoms with Gasteiger partial charge >= 0.3 is 11.6 Å². The molecule has 1 N–H and O–H groups in total. The van der Waals surface area contributed by atoms with Crippen molar-refractivity contribution in [2.45, 2.75) is 19.3 Å². The lowest BCUT2D eigenvalue weighted by Crippen LogP contribution is -2.18. The normalized spacial score (nSPS) is 11.8. The fourth-order valence-electron chi connectivity index (χ4n) is 2.40. The quantitative estimate of drug-likeness (QED) is 0.852. The smallest absolute Gasteiger partial charge is 0.343 e. The number of aromatic hydroxyl groups is 1. The maximum Gasteiger partial charge on any atom is 0.343 e. The molecule has 122 valence electrons. The summed E-state index contributed by atoms with van der Waals surface area (Å²) in [4.78, 5) is 23.9. The molecule has 0 radical (unpaired) electrons. The van der Waals surface area contributed by atoms with E-state index >= 15 is 0 Å². The van der Waals surface area contributed by atoms with Gasteiger partial charge in [0.1, 0.15) is 17.3 Å². The van der Waals surface area contributed by atoms with Crippen LogP contribution in [0.5, 0.6) is 11.5 Å². The third-order valence-electron chi connectivity index (χ3n) is 3.55. The number of aryl methyl sites for hydroxylation is 1. The Morgan fingerprint density at radius 2 is 1.91 bits per heavy atom. The van der Waals surface area contributed by atoms with Crippen LogP contribution >= 0.6 is 0 Å². The van der Waals surface area contributed by atoms with Crippen LogP contribution in [0.4, 0.5) is 0 Å². The molecule has 1 aromatic heterocycles. The molecule has 1 aromatic carbocycles. The molecular formula is C17H18O6. The highest BCUT2D eigenvalue weighted by Crippen LogP contribution is 2.33. The third-order valence-corrected chi connectivity index (χ3v) is 3.55. The van der Waals surface area contributed by atoms with Crippen molar-refractivity contribution in [2.75, 3.05) is 14.2 Å². The standard InChI is InChI=1S/C17H18O6/c1-10-8-14(18)16(17(20)23-10)13(9-15(19)22-3)11-4-6-12(21-2)7-5-11/h4-8,13,18H,9H2,1-3H3. The van der Waals surface area contributed by atoms with E-state index in [0.29, 0.717) is 17.1 Å². The lowest BCUT2D eigenvalue weighted by Gasteiger charge is -2.17. The monoisotopic (exact) mass is 318 g/mol. The average Bonchev–Trinajstić information content (AvgIpc) is 2.53. The molecule has 0 saturated carbocycles. The summed E-state index contributed by atoms with van der Waals surface area (Å²) in [6.07, 6.45) is -0.0930. The second kappa shape index (κ2) is 7.00. The van der Waals surface area contributed by atoms with Crippen molar-refractivity contribution in [1.29, 1.82) is 0 Å². The Bertz CT molecular complexity index is 745. The number of ether oxygens (including phenoxy) is 2. The van der Waals surface area contributed by atoms with E-state index in [9.17, 15) is 14.7 Å². The zero-order valence-corrected chi connectivity index (χ0v) is 13.2. The van der Waals surface area contributed by atoms with Crippen LogP contribution in [0, 0.1) is 6.92 Å². The summed E-state index contributed by atoms with van der Waals surface area (Å²) in [6, 6.07) is 8.24. The van der Waals surface area contributed by atoms with Crippen molar-refractivity contribution in [3.05, 3.63) is 57.6 Å². The van der Waals surface area contributed by atoms with Gasteiger partial charge in [0.15, 0.2) is 0 Å². The Balaban J connectivity index is 2.54. The first kappa shape index (κ1) is 16.6. The summed E-state index contributed by atoms with van der Waals surface area (Å²) in [7, 11) is 2.81. The number of methoxy groups -OCH3 is 2. The number of hydrogen-bond acceptors (Lipinski definition) is 6.